The lowest BCUT2D eigenvalue weighted by Crippen LogP contribution is -2.11. The lowest BCUT2D eigenvalue weighted by Gasteiger charge is -2.28. The molecule has 2 aromatic heterocycles. The van der Waals surface area contributed by atoms with Crippen molar-refractivity contribution in [3.63, 3.8) is 0 Å². The molecule has 0 N–H and O–H groups in total. The van der Waals surface area contributed by atoms with Gasteiger partial charge in [0.05, 0.1) is 16.8 Å². The fourth-order valence-corrected chi connectivity index (χ4v) is 10.0. The smallest absolute Gasteiger partial charge is 0.145 e. The van der Waals surface area contributed by atoms with Gasteiger partial charge in [-0.05, 0) is 97.7 Å². The molecule has 0 unspecified atom stereocenters. The van der Waals surface area contributed by atoms with E-state index in [1.807, 2.05) is 12.1 Å². The maximum atomic E-state index is 7.02. The van der Waals surface area contributed by atoms with E-state index in [0.29, 0.717) is 0 Å². The molecule has 0 atom stereocenters. The summed E-state index contributed by atoms with van der Waals surface area (Å²) in [5, 5.41) is 11.7. The second-order valence-electron chi connectivity index (χ2n) is 16.3. The summed E-state index contributed by atoms with van der Waals surface area (Å²) < 4.78 is 13.6. The molecule has 0 aliphatic heterocycles. The summed E-state index contributed by atoms with van der Waals surface area (Å²) in [6.45, 7) is 0. The van der Waals surface area contributed by atoms with E-state index in [1.54, 1.807) is 0 Å². The van der Waals surface area contributed by atoms with Gasteiger partial charge >= 0.3 is 0 Å². The molecule has 13 aromatic rings. The molecule has 294 valence electrons. The molecule has 0 bridgehead atoms. The van der Waals surface area contributed by atoms with Gasteiger partial charge in [0, 0.05) is 38.4 Å². The zero-order valence-corrected chi connectivity index (χ0v) is 34.1. The van der Waals surface area contributed by atoms with E-state index in [0.717, 1.165) is 83.2 Å². The third kappa shape index (κ3) is 5.53. The predicted octanol–water partition coefficient (Wildman–Crippen LogP) is 17.4. The Hall–Kier alpha value is -8.40. The van der Waals surface area contributed by atoms with Crippen molar-refractivity contribution < 1.29 is 8.83 Å². The number of nitrogens with zero attached hydrogens (tertiary/aromatic N) is 1. The van der Waals surface area contributed by atoms with Crippen LogP contribution in [-0.2, 0) is 0 Å². The quantitative estimate of drug-likeness (QED) is 0.157. The number of fused-ring (bicyclic) bond motifs is 10. The minimum atomic E-state index is 0.836. The van der Waals surface area contributed by atoms with E-state index in [-0.39, 0.29) is 0 Å². The molecule has 0 spiro atoms. The molecule has 63 heavy (non-hydrogen) atoms. The first-order chi connectivity index (χ1) is 31.3. The number of hydrogen-bond acceptors (Lipinski definition) is 3. The molecular weight excluding hydrogens is 767 g/mol. The van der Waals surface area contributed by atoms with Crippen molar-refractivity contribution in [2.24, 2.45) is 0 Å². The molecule has 3 heteroatoms. The van der Waals surface area contributed by atoms with Gasteiger partial charge in [-0.1, -0.05) is 176 Å². The van der Waals surface area contributed by atoms with Gasteiger partial charge in [0.1, 0.15) is 22.3 Å². The number of para-hydroxylation sites is 3. The van der Waals surface area contributed by atoms with Crippen LogP contribution >= 0.6 is 0 Å². The second-order valence-corrected chi connectivity index (χ2v) is 16.3. The Morgan fingerprint density at radius 1 is 0.286 bits per heavy atom. The van der Waals surface area contributed by atoms with E-state index in [2.05, 4.69) is 217 Å². The highest BCUT2D eigenvalue weighted by molar-refractivity contribution is 6.20. The Morgan fingerprint density at radius 3 is 1.62 bits per heavy atom. The minimum Gasteiger partial charge on any atom is -0.455 e. The number of furan rings is 2. The first-order valence-corrected chi connectivity index (χ1v) is 21.5. The molecular formula is C60H37NO2. The molecule has 13 rings (SSSR count). The van der Waals surface area contributed by atoms with Gasteiger partial charge in [-0.25, -0.2) is 0 Å². The highest BCUT2D eigenvalue weighted by atomic mass is 16.3. The zero-order valence-electron chi connectivity index (χ0n) is 34.1. The standard InChI is InChI=1S/C60H37NO2/c1-4-19-43-38(15-1)17-13-28-54(43)61(41-33-31-39(32-34-41)53-37-40-16-2-3-18-42(40)44-20-5-8-23-47(44)53)55-36-35-51(60-58(55)52-25-10-12-30-57(52)63-60)46-22-7-6-21-45(46)49-26-14-27-50-48-24-9-11-29-56(48)62-59(49)50/h1-37H. The lowest BCUT2D eigenvalue weighted by atomic mass is 9.91. The highest BCUT2D eigenvalue weighted by Gasteiger charge is 2.25. The van der Waals surface area contributed by atoms with Crippen molar-refractivity contribution in [1.82, 2.24) is 0 Å². The fraction of sp³-hybridized carbons (Fsp3) is 0. The van der Waals surface area contributed by atoms with Gasteiger partial charge in [-0.3, -0.25) is 0 Å². The SMILES string of the molecule is c1ccc(-c2ccc(N(c3ccc(-c4cc5ccccc5c5ccccc45)cc3)c3cccc4ccccc34)c3c2oc2ccccc23)c(-c2cccc3c2oc2ccccc23)c1. The summed E-state index contributed by atoms with van der Waals surface area (Å²) in [4.78, 5) is 2.42. The fourth-order valence-electron chi connectivity index (χ4n) is 10.0. The molecule has 0 aliphatic carbocycles. The maximum Gasteiger partial charge on any atom is 0.145 e. The molecule has 11 aromatic carbocycles. The number of benzene rings is 11. The number of hydrogen-bond donors (Lipinski definition) is 0. The maximum absolute atomic E-state index is 7.02. The van der Waals surface area contributed by atoms with Crippen molar-refractivity contribution in [1.29, 1.82) is 0 Å². The van der Waals surface area contributed by atoms with E-state index >= 15 is 0 Å². The second kappa shape index (κ2) is 14.1. The Balaban J connectivity index is 1.04. The van der Waals surface area contributed by atoms with Crippen molar-refractivity contribution >= 4 is 93.3 Å². The van der Waals surface area contributed by atoms with Crippen LogP contribution in [-0.4, -0.2) is 0 Å². The molecule has 0 radical (unpaired) electrons. The van der Waals surface area contributed by atoms with Gasteiger partial charge in [0.25, 0.3) is 0 Å². The minimum absolute atomic E-state index is 0.836. The molecule has 0 amide bonds. The van der Waals surface area contributed by atoms with Crippen LogP contribution in [0, 0.1) is 0 Å². The topological polar surface area (TPSA) is 29.5 Å². The summed E-state index contributed by atoms with van der Waals surface area (Å²) >= 11 is 0. The Bertz CT molecular complexity index is 3920. The number of rotatable bonds is 6. The first-order valence-electron chi connectivity index (χ1n) is 21.5. The lowest BCUT2D eigenvalue weighted by molar-refractivity contribution is 0.669. The largest absolute Gasteiger partial charge is 0.455 e. The molecule has 3 nitrogen and oxygen atoms in total. The average Bonchev–Trinajstić information content (AvgIpc) is 3.94. The van der Waals surface area contributed by atoms with Crippen LogP contribution in [0.5, 0.6) is 0 Å². The van der Waals surface area contributed by atoms with Crippen molar-refractivity contribution in [2.45, 2.75) is 0 Å². The Labute approximate surface area is 363 Å². The molecule has 0 fully saturated rings. The van der Waals surface area contributed by atoms with Crippen LogP contribution in [0.1, 0.15) is 0 Å². The third-order valence-corrected chi connectivity index (χ3v) is 12.9. The van der Waals surface area contributed by atoms with Crippen LogP contribution in [0.15, 0.2) is 233 Å². The molecule has 0 saturated heterocycles. The van der Waals surface area contributed by atoms with Crippen LogP contribution in [0.25, 0.3) is 110 Å². The molecule has 2 heterocycles. The van der Waals surface area contributed by atoms with Gasteiger partial charge in [-0.15, -0.1) is 0 Å². The highest BCUT2D eigenvalue weighted by Crippen LogP contribution is 2.49. The van der Waals surface area contributed by atoms with E-state index in [1.165, 1.54) is 43.4 Å². The number of anilines is 3. The summed E-state index contributed by atoms with van der Waals surface area (Å²) in [5.74, 6) is 0. The summed E-state index contributed by atoms with van der Waals surface area (Å²) in [7, 11) is 0. The Kier molecular flexibility index (Phi) is 7.91. The summed E-state index contributed by atoms with van der Waals surface area (Å²) in [5.41, 5.74) is 13.2. The monoisotopic (exact) mass is 803 g/mol. The van der Waals surface area contributed by atoms with Crippen molar-refractivity contribution in [2.75, 3.05) is 4.90 Å². The summed E-state index contributed by atoms with van der Waals surface area (Å²) in [6.07, 6.45) is 0. The van der Waals surface area contributed by atoms with Crippen LogP contribution < -0.4 is 4.90 Å². The van der Waals surface area contributed by atoms with E-state index in [9.17, 15) is 0 Å². The van der Waals surface area contributed by atoms with E-state index in [4.69, 9.17) is 8.83 Å². The van der Waals surface area contributed by atoms with Crippen molar-refractivity contribution in [3.8, 4) is 33.4 Å². The Morgan fingerprint density at radius 2 is 0.825 bits per heavy atom. The summed E-state index contributed by atoms with van der Waals surface area (Å²) in [6, 6.07) is 80.4. The van der Waals surface area contributed by atoms with E-state index < -0.39 is 0 Å². The van der Waals surface area contributed by atoms with Crippen LogP contribution in [0.4, 0.5) is 17.1 Å². The third-order valence-electron chi connectivity index (χ3n) is 12.9. The van der Waals surface area contributed by atoms with Crippen molar-refractivity contribution in [3.05, 3.63) is 224 Å². The van der Waals surface area contributed by atoms with Crippen LogP contribution in [0.2, 0.25) is 0 Å². The first kappa shape index (κ1) is 35.4. The van der Waals surface area contributed by atoms with Gasteiger partial charge in [-0.2, -0.15) is 0 Å². The normalized spacial score (nSPS) is 11.8. The van der Waals surface area contributed by atoms with Crippen LogP contribution in [0.3, 0.4) is 0 Å². The van der Waals surface area contributed by atoms with Gasteiger partial charge in [0.15, 0.2) is 0 Å². The predicted molar refractivity (Wildman–Crippen MR) is 265 cm³/mol. The average molecular weight is 804 g/mol. The van der Waals surface area contributed by atoms with Gasteiger partial charge < -0.3 is 13.7 Å². The zero-order chi connectivity index (χ0) is 41.4. The molecule has 0 saturated carbocycles. The van der Waals surface area contributed by atoms with Gasteiger partial charge in [0.2, 0.25) is 0 Å². The molecule has 0 aliphatic rings.